The molecule has 0 spiro atoms. The number of methoxy groups -OCH3 is 1. The van der Waals surface area contributed by atoms with Gasteiger partial charge in [-0.25, -0.2) is 0 Å². The fraction of sp³-hybridized carbons (Fsp3) is 0.360. The number of aryl methyl sites for hydroxylation is 2. The van der Waals surface area contributed by atoms with E-state index in [1.165, 1.54) is 12.0 Å². The van der Waals surface area contributed by atoms with Crippen molar-refractivity contribution < 1.29 is 24.2 Å². The van der Waals surface area contributed by atoms with E-state index in [1.54, 1.807) is 6.07 Å². The predicted octanol–water partition coefficient (Wildman–Crippen LogP) is 4.16. The van der Waals surface area contributed by atoms with E-state index < -0.39 is 17.7 Å². The quantitative estimate of drug-likeness (QED) is 0.411. The van der Waals surface area contributed by atoms with Crippen molar-refractivity contribution >= 4 is 17.4 Å². The van der Waals surface area contributed by atoms with Crippen LogP contribution in [0.3, 0.4) is 0 Å². The Hall–Kier alpha value is -3.12. The number of benzene rings is 2. The summed E-state index contributed by atoms with van der Waals surface area (Å²) in [6, 6.07) is 12.0. The minimum atomic E-state index is -0.772. The molecule has 1 unspecified atom stereocenters. The number of rotatable bonds is 7. The van der Waals surface area contributed by atoms with Gasteiger partial charge in [0.15, 0.2) is 0 Å². The number of ether oxygens (including phenoxy) is 2. The molecule has 1 saturated heterocycles. The van der Waals surface area contributed by atoms with Gasteiger partial charge in [0.05, 0.1) is 24.3 Å². The summed E-state index contributed by atoms with van der Waals surface area (Å²) in [6.45, 7) is 8.21. The van der Waals surface area contributed by atoms with Crippen LogP contribution in [0.15, 0.2) is 48.0 Å². The standard InChI is InChI=1S/C25H29NO5/c1-15(2)31-20-9-7-6-8-19(20)22-21(24(28)25(29)26(22)12-13-30-5)23(27)18-11-10-16(3)17(4)14-18/h6-11,14-15,22,27H,12-13H2,1-5H3/b23-21-. The summed E-state index contributed by atoms with van der Waals surface area (Å²) >= 11 is 0. The number of aliphatic hydroxyl groups excluding tert-OH is 1. The zero-order valence-corrected chi connectivity index (χ0v) is 18.6. The highest BCUT2D eigenvalue weighted by atomic mass is 16.5. The van der Waals surface area contributed by atoms with Crippen molar-refractivity contribution in [2.24, 2.45) is 0 Å². The number of nitrogens with zero attached hydrogens (tertiary/aromatic N) is 1. The monoisotopic (exact) mass is 423 g/mol. The molecule has 31 heavy (non-hydrogen) atoms. The van der Waals surface area contributed by atoms with Gasteiger partial charge in [-0.05, 0) is 51.0 Å². The summed E-state index contributed by atoms with van der Waals surface area (Å²) < 4.78 is 11.1. The van der Waals surface area contributed by atoms with Crippen LogP contribution in [0.4, 0.5) is 0 Å². The first-order chi connectivity index (χ1) is 14.8. The zero-order valence-electron chi connectivity index (χ0n) is 18.6. The molecule has 164 valence electrons. The van der Waals surface area contributed by atoms with Gasteiger partial charge in [0.25, 0.3) is 11.7 Å². The van der Waals surface area contributed by atoms with E-state index in [0.717, 1.165) is 11.1 Å². The number of ketones is 1. The van der Waals surface area contributed by atoms with Gasteiger partial charge in [0, 0.05) is 24.8 Å². The molecular weight excluding hydrogens is 394 g/mol. The van der Waals surface area contributed by atoms with Crippen LogP contribution in [0, 0.1) is 13.8 Å². The number of carbonyl (C=O) groups is 2. The molecule has 0 aromatic heterocycles. The van der Waals surface area contributed by atoms with Crippen LogP contribution in [0.2, 0.25) is 0 Å². The number of aliphatic hydroxyl groups is 1. The molecule has 1 aliphatic rings. The van der Waals surface area contributed by atoms with Crippen molar-refractivity contribution in [3.8, 4) is 5.75 Å². The van der Waals surface area contributed by atoms with Crippen LogP contribution < -0.4 is 4.74 Å². The zero-order chi connectivity index (χ0) is 22.7. The van der Waals surface area contributed by atoms with Gasteiger partial charge in [0.1, 0.15) is 11.5 Å². The van der Waals surface area contributed by atoms with Crippen molar-refractivity contribution in [2.75, 3.05) is 20.3 Å². The van der Waals surface area contributed by atoms with Crippen molar-refractivity contribution in [1.29, 1.82) is 0 Å². The van der Waals surface area contributed by atoms with Crippen LogP contribution in [0.25, 0.3) is 5.76 Å². The molecule has 2 aromatic carbocycles. The Bertz CT molecular complexity index is 1020. The molecule has 6 heteroatoms. The summed E-state index contributed by atoms with van der Waals surface area (Å²) in [7, 11) is 1.54. The lowest BCUT2D eigenvalue weighted by molar-refractivity contribution is -0.140. The fourth-order valence-corrected chi connectivity index (χ4v) is 3.74. The Morgan fingerprint density at radius 1 is 1.10 bits per heavy atom. The van der Waals surface area contributed by atoms with E-state index in [9.17, 15) is 14.7 Å². The topological polar surface area (TPSA) is 76.1 Å². The molecule has 6 nitrogen and oxygen atoms in total. The third-order valence-corrected chi connectivity index (χ3v) is 5.43. The summed E-state index contributed by atoms with van der Waals surface area (Å²) in [5.41, 5.74) is 3.27. The van der Waals surface area contributed by atoms with Gasteiger partial charge < -0.3 is 19.5 Å². The summed E-state index contributed by atoms with van der Waals surface area (Å²) in [5.74, 6) is -0.994. The second-order valence-electron chi connectivity index (χ2n) is 7.99. The minimum absolute atomic E-state index is 0.0594. The second kappa shape index (κ2) is 9.35. The van der Waals surface area contributed by atoms with Gasteiger partial charge in [-0.1, -0.05) is 30.3 Å². The number of likely N-dealkylation sites (tertiary alicyclic amines) is 1. The molecular formula is C25H29NO5. The van der Waals surface area contributed by atoms with E-state index in [4.69, 9.17) is 9.47 Å². The molecule has 1 aliphatic heterocycles. The van der Waals surface area contributed by atoms with Crippen molar-refractivity contribution in [1.82, 2.24) is 4.90 Å². The second-order valence-corrected chi connectivity index (χ2v) is 7.99. The van der Waals surface area contributed by atoms with Crippen LogP contribution >= 0.6 is 0 Å². The molecule has 2 aromatic rings. The summed E-state index contributed by atoms with van der Waals surface area (Å²) in [6.07, 6.45) is -0.0952. The first kappa shape index (κ1) is 22.6. The van der Waals surface area contributed by atoms with Gasteiger partial charge in [-0.2, -0.15) is 0 Å². The van der Waals surface area contributed by atoms with Gasteiger partial charge >= 0.3 is 0 Å². The first-order valence-corrected chi connectivity index (χ1v) is 10.4. The Morgan fingerprint density at radius 2 is 1.81 bits per heavy atom. The fourth-order valence-electron chi connectivity index (χ4n) is 3.74. The van der Waals surface area contributed by atoms with E-state index in [0.29, 0.717) is 16.9 Å². The van der Waals surface area contributed by atoms with Crippen molar-refractivity contribution in [2.45, 2.75) is 39.8 Å². The van der Waals surface area contributed by atoms with Gasteiger partial charge in [0.2, 0.25) is 0 Å². The molecule has 1 N–H and O–H groups in total. The highest BCUT2D eigenvalue weighted by Gasteiger charge is 2.46. The Morgan fingerprint density at radius 3 is 2.45 bits per heavy atom. The molecule has 1 amide bonds. The molecule has 0 radical (unpaired) electrons. The highest BCUT2D eigenvalue weighted by molar-refractivity contribution is 6.46. The van der Waals surface area contributed by atoms with E-state index in [2.05, 4.69) is 0 Å². The maximum atomic E-state index is 13.1. The molecule has 1 atom stereocenters. The molecule has 1 fully saturated rings. The van der Waals surface area contributed by atoms with Gasteiger partial charge in [-0.3, -0.25) is 9.59 Å². The summed E-state index contributed by atoms with van der Waals surface area (Å²) in [5, 5.41) is 11.2. The summed E-state index contributed by atoms with van der Waals surface area (Å²) in [4.78, 5) is 27.4. The molecule has 1 heterocycles. The van der Waals surface area contributed by atoms with Crippen molar-refractivity contribution in [3.05, 3.63) is 70.3 Å². The third-order valence-electron chi connectivity index (χ3n) is 5.43. The lowest BCUT2D eigenvalue weighted by Gasteiger charge is -2.27. The average Bonchev–Trinajstić information content (AvgIpc) is 2.98. The Kier molecular flexibility index (Phi) is 6.81. The Balaban J connectivity index is 2.22. The molecule has 3 rings (SSSR count). The SMILES string of the molecule is COCCN1C(=O)C(=O)/C(=C(\O)c2ccc(C)c(C)c2)C1c1ccccc1OC(C)C. The number of hydrogen-bond donors (Lipinski definition) is 1. The van der Waals surface area contributed by atoms with Crippen LogP contribution in [-0.2, 0) is 14.3 Å². The number of para-hydroxylation sites is 1. The van der Waals surface area contributed by atoms with E-state index in [1.807, 2.05) is 64.1 Å². The maximum Gasteiger partial charge on any atom is 0.295 e. The van der Waals surface area contributed by atoms with Crippen LogP contribution in [0.5, 0.6) is 5.75 Å². The van der Waals surface area contributed by atoms with Crippen molar-refractivity contribution in [3.63, 3.8) is 0 Å². The smallest absolute Gasteiger partial charge is 0.295 e. The normalized spacial score (nSPS) is 18.1. The minimum Gasteiger partial charge on any atom is -0.507 e. The maximum absolute atomic E-state index is 13.1. The highest BCUT2D eigenvalue weighted by Crippen LogP contribution is 2.42. The lowest BCUT2D eigenvalue weighted by atomic mass is 9.93. The predicted molar refractivity (Wildman–Crippen MR) is 119 cm³/mol. The third kappa shape index (κ3) is 4.49. The van der Waals surface area contributed by atoms with Crippen LogP contribution in [-0.4, -0.2) is 48.1 Å². The average molecular weight is 424 g/mol. The number of carbonyl (C=O) groups excluding carboxylic acids is 2. The number of amides is 1. The Labute approximate surface area is 183 Å². The largest absolute Gasteiger partial charge is 0.507 e. The molecule has 0 bridgehead atoms. The lowest BCUT2D eigenvalue weighted by Crippen LogP contribution is -2.33. The van der Waals surface area contributed by atoms with Gasteiger partial charge in [-0.15, -0.1) is 0 Å². The number of hydrogen-bond acceptors (Lipinski definition) is 5. The van der Waals surface area contributed by atoms with E-state index >= 15 is 0 Å². The first-order valence-electron chi connectivity index (χ1n) is 10.4. The molecule has 0 aliphatic carbocycles. The number of Topliss-reactive ketones (excluding diaryl/α,β-unsaturated/α-hetero) is 1. The van der Waals surface area contributed by atoms with E-state index in [-0.39, 0.29) is 30.6 Å². The molecule has 0 saturated carbocycles. The van der Waals surface area contributed by atoms with Crippen LogP contribution in [0.1, 0.15) is 42.1 Å².